The average molecular weight is 641 g/mol. The summed E-state index contributed by atoms with van der Waals surface area (Å²) in [5.74, 6) is 0.00842. The van der Waals surface area contributed by atoms with Crippen molar-refractivity contribution in [1.82, 2.24) is 20.0 Å². The molecular weight excluding hydrogens is 580 g/mol. The van der Waals surface area contributed by atoms with Gasteiger partial charge in [0.15, 0.2) is 0 Å². The first-order valence-electron chi connectivity index (χ1n) is 17.2. The molecule has 1 N–H and O–H groups in total. The first-order valence-corrected chi connectivity index (χ1v) is 17.2. The van der Waals surface area contributed by atoms with Gasteiger partial charge in [-0.1, -0.05) is 92.1 Å². The topological polar surface area (TPSA) is 107 Å². The van der Waals surface area contributed by atoms with Crippen molar-refractivity contribution in [3.05, 3.63) is 35.9 Å². The molecule has 0 spiro atoms. The Kier molecular flexibility index (Phi) is 14.7. The Bertz CT molecular complexity index is 1170. The molecule has 0 aromatic heterocycles. The predicted octanol–water partition coefficient (Wildman–Crippen LogP) is 5.29. The molecule has 5 atom stereocenters. The van der Waals surface area contributed by atoms with Crippen LogP contribution in [0.3, 0.4) is 0 Å². The van der Waals surface area contributed by atoms with Crippen LogP contribution in [0.5, 0.6) is 0 Å². The van der Waals surface area contributed by atoms with Gasteiger partial charge in [0, 0.05) is 43.6 Å². The molecule has 2 aliphatic rings. The molecule has 0 aliphatic carbocycles. The molecule has 2 heterocycles. The minimum atomic E-state index is -0.670. The second-order valence-corrected chi connectivity index (χ2v) is 15.2. The lowest BCUT2D eigenvalue weighted by Gasteiger charge is -2.44. The molecule has 1 aromatic carbocycles. The van der Waals surface area contributed by atoms with Crippen LogP contribution < -0.4 is 5.32 Å². The molecule has 2 saturated heterocycles. The van der Waals surface area contributed by atoms with E-state index in [-0.39, 0.29) is 53.2 Å². The van der Waals surface area contributed by atoms with Crippen LogP contribution >= 0.6 is 0 Å². The van der Waals surface area contributed by atoms with E-state index in [4.69, 9.17) is 9.59 Å². The fourth-order valence-electron chi connectivity index (χ4n) is 7.31. The Balaban J connectivity index is 0.00000236. The molecule has 2 aliphatic heterocycles. The smallest absolute Gasteiger partial charge is 0.344 e. The fraction of sp³-hybridized carbons (Fsp3) is 0.730. The molecule has 0 saturated carbocycles. The van der Waals surface area contributed by atoms with Gasteiger partial charge in [-0.3, -0.25) is 19.3 Å². The minimum Gasteiger partial charge on any atom is -0.344 e. The standard InChI is InChI=1S/C36H60N4O3.CO2/c1-11-28(36(8,9)27-19-13-12-14-20-27)32(41)37-31(35(5,6)7)34(43)38(10)30(25(2)3)24-39-22-16-15-21-29(39)33(42)40-23-17-18-26(40)4;2-1-3/h12-14,19-20,25-26,28-31H,11,15-18,21-24H2,1-10H3,(H,37,41);/t26-,28-,29+,30-,31-;/m1./s1. The molecule has 3 amide bonds. The molecule has 0 unspecified atom stereocenters. The first-order chi connectivity index (χ1) is 21.5. The van der Waals surface area contributed by atoms with Crippen LogP contribution in [-0.2, 0) is 29.4 Å². The highest BCUT2D eigenvalue weighted by Crippen LogP contribution is 2.35. The SMILES string of the molecule is CC[C@H](C(=O)N[C@H](C(=O)N(C)[C@H](CN1CCCC[C@H]1C(=O)N1CCC[C@H]1C)C(C)C)C(C)(C)C)C(C)(C)c1ccccc1.O=C=O. The van der Waals surface area contributed by atoms with Gasteiger partial charge in [-0.15, -0.1) is 0 Å². The van der Waals surface area contributed by atoms with E-state index < -0.39 is 11.5 Å². The van der Waals surface area contributed by atoms with Gasteiger partial charge in [0.1, 0.15) is 6.04 Å². The summed E-state index contributed by atoms with van der Waals surface area (Å²) in [6.45, 7) is 21.2. The summed E-state index contributed by atoms with van der Waals surface area (Å²) in [5, 5.41) is 3.23. The number of likely N-dealkylation sites (N-methyl/N-ethyl adjacent to an activating group) is 1. The van der Waals surface area contributed by atoms with Crippen LogP contribution in [0.1, 0.15) is 106 Å². The number of carbonyl (C=O) groups excluding carboxylic acids is 5. The molecule has 258 valence electrons. The summed E-state index contributed by atoms with van der Waals surface area (Å²) in [6.07, 6.45) is 6.08. The number of hydrogen-bond acceptors (Lipinski definition) is 6. The number of likely N-dealkylation sites (tertiary alicyclic amines) is 2. The van der Waals surface area contributed by atoms with Crippen LogP contribution in [0.15, 0.2) is 30.3 Å². The van der Waals surface area contributed by atoms with Gasteiger partial charge in [-0.2, -0.15) is 9.59 Å². The highest BCUT2D eigenvalue weighted by Gasteiger charge is 2.43. The summed E-state index contributed by atoms with van der Waals surface area (Å²) in [4.78, 5) is 64.5. The number of amides is 3. The monoisotopic (exact) mass is 640 g/mol. The van der Waals surface area contributed by atoms with E-state index in [1.165, 1.54) is 0 Å². The number of benzene rings is 1. The third-order valence-corrected chi connectivity index (χ3v) is 10.3. The van der Waals surface area contributed by atoms with Crippen molar-refractivity contribution in [3.8, 4) is 0 Å². The molecule has 2 fully saturated rings. The number of hydrogen-bond donors (Lipinski definition) is 1. The van der Waals surface area contributed by atoms with E-state index in [1.54, 1.807) is 0 Å². The Labute approximate surface area is 277 Å². The predicted molar refractivity (Wildman–Crippen MR) is 181 cm³/mol. The molecule has 9 nitrogen and oxygen atoms in total. The quantitative estimate of drug-likeness (QED) is 0.353. The lowest BCUT2D eigenvalue weighted by molar-refractivity contribution is -0.191. The van der Waals surface area contributed by atoms with Crippen molar-refractivity contribution in [2.24, 2.45) is 17.3 Å². The van der Waals surface area contributed by atoms with Crippen LogP contribution in [0.2, 0.25) is 0 Å². The summed E-state index contributed by atoms with van der Waals surface area (Å²) >= 11 is 0. The highest BCUT2D eigenvalue weighted by molar-refractivity contribution is 5.90. The Morgan fingerprint density at radius 1 is 0.978 bits per heavy atom. The zero-order chi connectivity index (χ0) is 34.8. The molecule has 1 aromatic rings. The second-order valence-electron chi connectivity index (χ2n) is 15.2. The number of nitrogens with one attached hydrogen (secondary N) is 1. The second kappa shape index (κ2) is 17.2. The van der Waals surface area contributed by atoms with Crippen molar-refractivity contribution < 1.29 is 24.0 Å². The molecule has 0 bridgehead atoms. The number of carbonyl (C=O) groups is 3. The van der Waals surface area contributed by atoms with Gasteiger partial charge in [-0.25, -0.2) is 0 Å². The molecule has 3 rings (SSSR count). The Hall–Kier alpha value is -3.03. The number of nitrogens with zero attached hydrogens (tertiary/aromatic N) is 3. The summed E-state index contributed by atoms with van der Waals surface area (Å²) < 4.78 is 0. The average Bonchev–Trinajstić information content (AvgIpc) is 3.43. The molecule has 46 heavy (non-hydrogen) atoms. The maximum atomic E-state index is 14.3. The normalized spacial score (nSPS) is 21.0. The van der Waals surface area contributed by atoms with Crippen molar-refractivity contribution in [2.75, 3.05) is 26.7 Å². The third-order valence-electron chi connectivity index (χ3n) is 10.3. The van der Waals surface area contributed by atoms with Crippen molar-refractivity contribution in [3.63, 3.8) is 0 Å². The summed E-state index contributed by atoms with van der Waals surface area (Å²) in [7, 11) is 1.88. The first kappa shape index (κ1) is 39.1. The van der Waals surface area contributed by atoms with Gasteiger partial charge < -0.3 is 15.1 Å². The number of rotatable bonds is 11. The van der Waals surface area contributed by atoms with E-state index in [2.05, 4.69) is 61.9 Å². The van der Waals surface area contributed by atoms with Crippen LogP contribution in [0, 0.1) is 17.3 Å². The van der Waals surface area contributed by atoms with Crippen molar-refractivity contribution in [2.45, 2.75) is 130 Å². The zero-order valence-corrected chi connectivity index (χ0v) is 30.1. The molecule has 0 radical (unpaired) electrons. The van der Waals surface area contributed by atoms with Crippen molar-refractivity contribution in [1.29, 1.82) is 0 Å². The summed E-state index contributed by atoms with van der Waals surface area (Å²) in [6, 6.07) is 9.59. The van der Waals surface area contributed by atoms with E-state index in [0.29, 0.717) is 19.0 Å². The van der Waals surface area contributed by atoms with Gasteiger partial charge >= 0.3 is 6.15 Å². The largest absolute Gasteiger partial charge is 0.373 e. The third kappa shape index (κ3) is 9.74. The van der Waals surface area contributed by atoms with E-state index >= 15 is 0 Å². The van der Waals surface area contributed by atoms with Crippen LogP contribution in [0.25, 0.3) is 0 Å². The maximum Gasteiger partial charge on any atom is 0.373 e. The minimum absolute atomic E-state index is 0.0695. The van der Waals surface area contributed by atoms with Gasteiger partial charge in [0.2, 0.25) is 17.7 Å². The van der Waals surface area contributed by atoms with E-state index in [9.17, 15) is 14.4 Å². The fourth-order valence-corrected chi connectivity index (χ4v) is 7.31. The Morgan fingerprint density at radius 3 is 2.09 bits per heavy atom. The Morgan fingerprint density at radius 2 is 1.59 bits per heavy atom. The number of piperidine rings is 1. The lowest BCUT2D eigenvalue weighted by Crippen LogP contribution is -2.61. The van der Waals surface area contributed by atoms with Crippen LogP contribution in [-0.4, -0.2) is 89.4 Å². The van der Waals surface area contributed by atoms with Crippen LogP contribution in [0.4, 0.5) is 0 Å². The lowest BCUT2D eigenvalue weighted by atomic mass is 9.71. The highest BCUT2D eigenvalue weighted by atomic mass is 16.2. The summed E-state index contributed by atoms with van der Waals surface area (Å²) in [5.41, 5.74) is 0.245. The van der Waals surface area contributed by atoms with E-state index in [0.717, 1.165) is 50.8 Å². The van der Waals surface area contributed by atoms with Gasteiger partial charge in [-0.05, 0) is 62.5 Å². The molecular formula is C37H60N4O5. The van der Waals surface area contributed by atoms with Gasteiger partial charge in [0.05, 0.1) is 6.04 Å². The zero-order valence-electron chi connectivity index (χ0n) is 30.1. The van der Waals surface area contributed by atoms with Crippen molar-refractivity contribution >= 4 is 23.9 Å². The molecule has 9 heteroatoms. The van der Waals surface area contributed by atoms with Gasteiger partial charge in [0.25, 0.3) is 0 Å². The van der Waals surface area contributed by atoms with E-state index in [1.807, 2.05) is 57.8 Å². The maximum absolute atomic E-state index is 14.3.